The molecule has 1 saturated heterocycles. The van der Waals surface area contributed by atoms with Gasteiger partial charge in [0.2, 0.25) is 5.91 Å². The second-order valence-electron chi connectivity index (χ2n) is 9.71. The predicted octanol–water partition coefficient (Wildman–Crippen LogP) is 2.90. The number of nitrogens with zero attached hydrogens (tertiary/aromatic N) is 2. The molecule has 216 valence electrons. The molecule has 41 heavy (non-hydrogen) atoms. The first-order valence-electron chi connectivity index (χ1n) is 13.0. The minimum Gasteiger partial charge on any atom is -0.493 e. The first-order chi connectivity index (χ1) is 19.8. The summed E-state index contributed by atoms with van der Waals surface area (Å²) in [6, 6.07) is 9.71. The SMILES string of the molecule is COc1ccc2cc1OCC(=O)N[C@@H]1CN(C(=O)CCc3cc(Cl)no3)CC[C@@H]1Oc1cc(F)cc(c1)CNC2=O. The van der Waals surface area contributed by atoms with Crippen molar-refractivity contribution >= 4 is 29.3 Å². The zero-order valence-corrected chi connectivity index (χ0v) is 22.9. The van der Waals surface area contributed by atoms with Crippen LogP contribution in [0.15, 0.2) is 47.0 Å². The van der Waals surface area contributed by atoms with Gasteiger partial charge >= 0.3 is 0 Å². The number of amides is 3. The third kappa shape index (κ3) is 7.07. The van der Waals surface area contributed by atoms with Gasteiger partial charge in [0.25, 0.3) is 11.8 Å². The zero-order chi connectivity index (χ0) is 28.9. The lowest BCUT2D eigenvalue weighted by molar-refractivity contribution is -0.135. The molecule has 2 aliphatic rings. The van der Waals surface area contributed by atoms with Crippen LogP contribution in [0.1, 0.15) is 34.5 Å². The minimum atomic E-state index is -0.615. The number of nitrogens with one attached hydrogen (secondary N) is 2. The third-order valence-corrected chi connectivity index (χ3v) is 7.00. The van der Waals surface area contributed by atoms with Crippen LogP contribution in [-0.2, 0) is 22.6 Å². The van der Waals surface area contributed by atoms with Gasteiger partial charge in [0.1, 0.15) is 23.4 Å². The molecule has 11 nitrogen and oxygen atoms in total. The lowest BCUT2D eigenvalue weighted by Crippen LogP contribution is -2.58. The lowest BCUT2D eigenvalue weighted by Gasteiger charge is -2.39. The van der Waals surface area contributed by atoms with Gasteiger partial charge < -0.3 is 34.3 Å². The van der Waals surface area contributed by atoms with E-state index < -0.39 is 29.8 Å². The minimum absolute atomic E-state index is 0.0543. The van der Waals surface area contributed by atoms with Gasteiger partial charge in [-0.3, -0.25) is 14.4 Å². The van der Waals surface area contributed by atoms with E-state index in [1.807, 2.05) is 0 Å². The number of ether oxygens (including phenoxy) is 3. The van der Waals surface area contributed by atoms with Crippen LogP contribution in [0.3, 0.4) is 0 Å². The average Bonchev–Trinajstić information content (AvgIpc) is 3.38. The maximum Gasteiger partial charge on any atom is 0.258 e. The summed E-state index contributed by atoms with van der Waals surface area (Å²) in [4.78, 5) is 40.4. The second-order valence-corrected chi connectivity index (χ2v) is 10.1. The number of piperidine rings is 1. The Hall–Kier alpha value is -4.32. The molecule has 2 atom stereocenters. The fourth-order valence-electron chi connectivity index (χ4n) is 4.80. The summed E-state index contributed by atoms with van der Waals surface area (Å²) in [6.45, 7) is 0.211. The Labute approximate surface area is 239 Å². The van der Waals surface area contributed by atoms with Crippen LogP contribution in [0.4, 0.5) is 4.39 Å². The van der Waals surface area contributed by atoms with Crippen LogP contribution in [0.2, 0.25) is 5.15 Å². The van der Waals surface area contributed by atoms with E-state index in [9.17, 15) is 18.8 Å². The number of hydrogen-bond donors (Lipinski definition) is 2. The number of carbonyl (C=O) groups excluding carboxylic acids is 3. The Morgan fingerprint density at radius 1 is 1.22 bits per heavy atom. The number of fused-ring (bicyclic) bond motifs is 5. The lowest BCUT2D eigenvalue weighted by atomic mass is 10.0. The van der Waals surface area contributed by atoms with E-state index in [2.05, 4.69) is 15.8 Å². The van der Waals surface area contributed by atoms with Crippen molar-refractivity contribution < 1.29 is 37.5 Å². The molecule has 5 rings (SSSR count). The quantitative estimate of drug-likeness (QED) is 0.477. The number of benzene rings is 2. The Morgan fingerprint density at radius 3 is 2.85 bits per heavy atom. The summed E-state index contributed by atoms with van der Waals surface area (Å²) >= 11 is 5.79. The van der Waals surface area contributed by atoms with Crippen LogP contribution in [-0.4, -0.2) is 66.7 Å². The Balaban J connectivity index is 1.37. The van der Waals surface area contributed by atoms with Crippen molar-refractivity contribution in [1.82, 2.24) is 20.7 Å². The number of halogens is 2. The monoisotopic (exact) mass is 586 g/mol. The number of hydrogen-bond acceptors (Lipinski definition) is 8. The van der Waals surface area contributed by atoms with Gasteiger partial charge in [0.05, 0.1) is 13.2 Å². The van der Waals surface area contributed by atoms with Crippen molar-refractivity contribution in [2.24, 2.45) is 0 Å². The maximum absolute atomic E-state index is 14.5. The van der Waals surface area contributed by atoms with Crippen LogP contribution >= 0.6 is 11.6 Å². The van der Waals surface area contributed by atoms with Crippen LogP contribution < -0.4 is 24.8 Å². The molecular formula is C28H28ClFN4O7. The molecule has 1 aromatic heterocycles. The van der Waals surface area contributed by atoms with Gasteiger partial charge in [-0.15, -0.1) is 0 Å². The highest BCUT2D eigenvalue weighted by molar-refractivity contribution is 6.29. The van der Waals surface area contributed by atoms with Crippen molar-refractivity contribution in [2.75, 3.05) is 26.8 Å². The summed E-state index contributed by atoms with van der Waals surface area (Å²) in [5.41, 5.74) is 0.765. The van der Waals surface area contributed by atoms with Gasteiger partial charge in [-0.25, -0.2) is 4.39 Å². The van der Waals surface area contributed by atoms with E-state index in [1.54, 1.807) is 29.2 Å². The smallest absolute Gasteiger partial charge is 0.258 e. The van der Waals surface area contributed by atoms with Gasteiger partial charge in [-0.2, -0.15) is 0 Å². The predicted molar refractivity (Wildman–Crippen MR) is 143 cm³/mol. The number of aromatic nitrogens is 1. The highest BCUT2D eigenvalue weighted by atomic mass is 35.5. The Bertz CT molecular complexity index is 1450. The van der Waals surface area contributed by atoms with E-state index in [-0.39, 0.29) is 54.2 Å². The normalized spacial score (nSPS) is 19.2. The van der Waals surface area contributed by atoms with E-state index >= 15 is 0 Å². The summed E-state index contributed by atoms with van der Waals surface area (Å²) in [6.07, 6.45) is 0.301. The fourth-order valence-corrected chi connectivity index (χ4v) is 4.96. The molecule has 3 heterocycles. The molecule has 13 heteroatoms. The molecule has 0 saturated carbocycles. The van der Waals surface area contributed by atoms with Gasteiger partial charge in [0.15, 0.2) is 23.3 Å². The molecular weight excluding hydrogens is 559 g/mol. The topological polar surface area (TPSA) is 132 Å². The van der Waals surface area contributed by atoms with Crippen LogP contribution in [0.25, 0.3) is 0 Å². The number of carbonyl (C=O) groups is 3. The third-order valence-electron chi connectivity index (χ3n) is 6.82. The molecule has 0 radical (unpaired) electrons. The molecule has 2 aromatic carbocycles. The summed E-state index contributed by atoms with van der Waals surface area (Å²) < 4.78 is 36.8. The molecule has 0 aliphatic carbocycles. The highest BCUT2D eigenvalue weighted by Crippen LogP contribution is 2.29. The maximum atomic E-state index is 14.5. The van der Waals surface area contributed by atoms with E-state index in [0.717, 1.165) is 0 Å². The Morgan fingerprint density at radius 2 is 2.07 bits per heavy atom. The molecule has 2 aliphatic heterocycles. The number of methoxy groups -OCH3 is 1. The van der Waals surface area contributed by atoms with Gasteiger partial charge in [-0.05, 0) is 35.9 Å². The van der Waals surface area contributed by atoms with Gasteiger partial charge in [-0.1, -0.05) is 16.8 Å². The summed E-state index contributed by atoms with van der Waals surface area (Å²) in [5, 5.41) is 9.49. The van der Waals surface area contributed by atoms with Crippen molar-refractivity contribution in [1.29, 1.82) is 0 Å². The summed E-state index contributed by atoms with van der Waals surface area (Å²) in [7, 11) is 1.45. The fraction of sp³-hybridized carbons (Fsp3) is 0.357. The highest BCUT2D eigenvalue weighted by Gasteiger charge is 2.34. The first-order valence-corrected chi connectivity index (χ1v) is 13.4. The molecule has 1 fully saturated rings. The van der Waals surface area contributed by atoms with Crippen molar-refractivity contribution in [3.05, 3.63) is 70.3 Å². The Kier molecular flexibility index (Phi) is 8.58. The van der Waals surface area contributed by atoms with Crippen molar-refractivity contribution in [2.45, 2.75) is 38.0 Å². The average molecular weight is 587 g/mol. The van der Waals surface area contributed by atoms with Gasteiger partial charge in [0, 0.05) is 56.6 Å². The molecule has 3 aromatic rings. The molecule has 3 amide bonds. The number of likely N-dealkylation sites (tertiary alicyclic amines) is 1. The van der Waals surface area contributed by atoms with Crippen LogP contribution in [0, 0.1) is 5.82 Å². The number of aryl methyl sites for hydroxylation is 1. The zero-order valence-electron chi connectivity index (χ0n) is 22.2. The standard InChI is InChI=1S/C28H28ClFN4O7/c1-38-23-4-2-17-10-24(23)39-15-26(35)32-21-14-34(27(36)5-3-19-12-25(29)33-41-19)7-6-22(21)40-20-9-16(8-18(30)11-20)13-31-28(17)37/h2,4,8-12,21-22H,3,5-7,13-15H2,1H3,(H,31,37)(H,32,35)/t21-,22+/m1/s1. The molecule has 4 bridgehead atoms. The largest absolute Gasteiger partial charge is 0.493 e. The number of rotatable bonds is 4. The first kappa shape index (κ1) is 28.2. The molecule has 0 spiro atoms. The van der Waals surface area contributed by atoms with E-state index in [0.29, 0.717) is 36.5 Å². The van der Waals surface area contributed by atoms with Crippen molar-refractivity contribution in [3.8, 4) is 17.2 Å². The second kappa shape index (κ2) is 12.5. The van der Waals surface area contributed by atoms with Crippen molar-refractivity contribution in [3.63, 3.8) is 0 Å². The molecule has 2 N–H and O–H groups in total. The summed E-state index contributed by atoms with van der Waals surface area (Å²) in [5.74, 6) is -0.273. The van der Waals surface area contributed by atoms with E-state index in [1.165, 1.54) is 25.3 Å². The molecule has 0 unspecified atom stereocenters. The van der Waals surface area contributed by atoms with Crippen LogP contribution in [0.5, 0.6) is 17.2 Å². The van der Waals surface area contributed by atoms with E-state index in [4.69, 9.17) is 30.3 Å².